The largest absolute Gasteiger partial charge is 0.417 e. The number of anilines is 1. The van der Waals surface area contributed by atoms with E-state index in [0.29, 0.717) is 11.1 Å². The summed E-state index contributed by atoms with van der Waals surface area (Å²) in [5.74, 6) is 0. The normalized spacial score (nSPS) is 11.9. The Morgan fingerprint density at radius 3 is 2.32 bits per heavy atom. The molecule has 0 saturated heterocycles. The SMILES string of the molecule is CN(C)c1nc2c(-c3ccccc3C(F)(F)F)cccc2s1. The number of halogens is 3. The Morgan fingerprint density at radius 1 is 0.955 bits per heavy atom. The van der Waals surface area contributed by atoms with Gasteiger partial charge in [0.2, 0.25) is 0 Å². The Hall–Kier alpha value is -2.08. The van der Waals surface area contributed by atoms with Crippen molar-refractivity contribution in [3.05, 3.63) is 48.0 Å². The van der Waals surface area contributed by atoms with Gasteiger partial charge in [0, 0.05) is 19.7 Å². The van der Waals surface area contributed by atoms with Crippen molar-refractivity contribution in [2.75, 3.05) is 19.0 Å². The number of rotatable bonds is 2. The molecule has 3 rings (SSSR count). The molecule has 0 atom stereocenters. The van der Waals surface area contributed by atoms with Crippen LogP contribution in [-0.4, -0.2) is 19.1 Å². The number of alkyl halides is 3. The predicted octanol–water partition coefficient (Wildman–Crippen LogP) is 5.05. The lowest BCUT2D eigenvalue weighted by Gasteiger charge is -2.13. The smallest absolute Gasteiger partial charge is 0.354 e. The van der Waals surface area contributed by atoms with E-state index in [0.717, 1.165) is 15.9 Å². The fourth-order valence-corrected chi connectivity index (χ4v) is 3.23. The van der Waals surface area contributed by atoms with Gasteiger partial charge in [-0.3, -0.25) is 0 Å². The summed E-state index contributed by atoms with van der Waals surface area (Å²) in [4.78, 5) is 6.34. The number of hydrogen-bond acceptors (Lipinski definition) is 3. The molecule has 0 bridgehead atoms. The van der Waals surface area contributed by atoms with Crippen LogP contribution in [0, 0.1) is 0 Å². The van der Waals surface area contributed by atoms with Crippen molar-refractivity contribution >= 4 is 26.7 Å². The number of thiazole rings is 1. The van der Waals surface area contributed by atoms with Gasteiger partial charge in [-0.25, -0.2) is 4.98 Å². The van der Waals surface area contributed by atoms with Crippen LogP contribution in [0.25, 0.3) is 21.3 Å². The molecule has 1 aromatic heterocycles. The van der Waals surface area contributed by atoms with E-state index in [-0.39, 0.29) is 5.56 Å². The molecular weight excluding hydrogens is 309 g/mol. The minimum Gasteiger partial charge on any atom is -0.354 e. The lowest BCUT2D eigenvalue weighted by molar-refractivity contribution is -0.137. The summed E-state index contributed by atoms with van der Waals surface area (Å²) in [5, 5.41) is 0.770. The molecule has 3 aromatic rings. The number of aromatic nitrogens is 1. The van der Waals surface area contributed by atoms with Gasteiger partial charge in [0.1, 0.15) is 0 Å². The zero-order valence-electron chi connectivity index (χ0n) is 12.0. The average molecular weight is 322 g/mol. The molecule has 0 unspecified atom stereocenters. The van der Waals surface area contributed by atoms with Gasteiger partial charge in [0.25, 0.3) is 0 Å². The molecule has 2 aromatic carbocycles. The molecule has 0 fully saturated rings. The second kappa shape index (κ2) is 5.28. The lowest BCUT2D eigenvalue weighted by Crippen LogP contribution is -2.08. The van der Waals surface area contributed by atoms with E-state index in [1.807, 2.05) is 25.1 Å². The second-order valence-corrected chi connectivity index (χ2v) is 6.10. The van der Waals surface area contributed by atoms with E-state index in [1.165, 1.54) is 23.5 Å². The molecule has 0 amide bonds. The summed E-state index contributed by atoms with van der Waals surface area (Å²) in [5.41, 5.74) is 0.640. The van der Waals surface area contributed by atoms with Gasteiger partial charge < -0.3 is 4.90 Å². The summed E-state index contributed by atoms with van der Waals surface area (Å²) >= 11 is 1.46. The first-order chi connectivity index (χ1) is 10.4. The average Bonchev–Trinajstić information content (AvgIpc) is 2.90. The van der Waals surface area contributed by atoms with Crippen LogP contribution >= 0.6 is 11.3 Å². The molecular formula is C16H13F3N2S. The highest BCUT2D eigenvalue weighted by molar-refractivity contribution is 7.22. The van der Waals surface area contributed by atoms with E-state index in [4.69, 9.17) is 0 Å². The summed E-state index contributed by atoms with van der Waals surface area (Å²) < 4.78 is 40.6. The molecule has 0 aliphatic heterocycles. The Morgan fingerprint density at radius 2 is 1.64 bits per heavy atom. The summed E-state index contributed by atoms with van der Waals surface area (Å²) in [6.45, 7) is 0. The zero-order valence-corrected chi connectivity index (χ0v) is 12.8. The highest BCUT2D eigenvalue weighted by atomic mass is 32.1. The molecule has 0 spiro atoms. The number of para-hydroxylation sites is 1. The van der Waals surface area contributed by atoms with Gasteiger partial charge in [-0.1, -0.05) is 41.7 Å². The number of fused-ring (bicyclic) bond motifs is 1. The van der Waals surface area contributed by atoms with Crippen LogP contribution in [0.4, 0.5) is 18.3 Å². The summed E-state index contributed by atoms with van der Waals surface area (Å²) in [7, 11) is 3.72. The molecule has 22 heavy (non-hydrogen) atoms. The van der Waals surface area contributed by atoms with Crippen molar-refractivity contribution in [3.63, 3.8) is 0 Å². The monoisotopic (exact) mass is 322 g/mol. The van der Waals surface area contributed by atoms with Crippen LogP contribution in [0.2, 0.25) is 0 Å². The zero-order chi connectivity index (χ0) is 15.9. The molecule has 0 aliphatic carbocycles. The molecule has 2 nitrogen and oxygen atoms in total. The number of nitrogens with zero attached hydrogens (tertiary/aromatic N) is 2. The molecule has 1 heterocycles. The van der Waals surface area contributed by atoms with Crippen LogP contribution in [0.3, 0.4) is 0 Å². The Bertz CT molecular complexity index is 822. The van der Waals surface area contributed by atoms with Crippen LogP contribution in [-0.2, 0) is 6.18 Å². The van der Waals surface area contributed by atoms with Crippen molar-refractivity contribution in [3.8, 4) is 11.1 Å². The van der Waals surface area contributed by atoms with Crippen molar-refractivity contribution in [1.29, 1.82) is 0 Å². The van der Waals surface area contributed by atoms with E-state index >= 15 is 0 Å². The lowest BCUT2D eigenvalue weighted by atomic mass is 9.98. The third-order valence-electron chi connectivity index (χ3n) is 3.31. The highest BCUT2D eigenvalue weighted by Crippen LogP contribution is 2.40. The minimum absolute atomic E-state index is 0.163. The summed E-state index contributed by atoms with van der Waals surface area (Å²) in [6.07, 6.45) is -4.39. The first-order valence-electron chi connectivity index (χ1n) is 6.61. The third kappa shape index (κ3) is 2.54. The summed E-state index contributed by atoms with van der Waals surface area (Å²) in [6, 6.07) is 10.9. The van der Waals surface area contributed by atoms with Crippen LogP contribution in [0.5, 0.6) is 0 Å². The van der Waals surface area contributed by atoms with E-state index in [9.17, 15) is 13.2 Å². The topological polar surface area (TPSA) is 16.1 Å². The fourth-order valence-electron chi connectivity index (χ4n) is 2.31. The first-order valence-corrected chi connectivity index (χ1v) is 7.43. The maximum absolute atomic E-state index is 13.2. The van der Waals surface area contributed by atoms with Crippen LogP contribution in [0.15, 0.2) is 42.5 Å². The van der Waals surface area contributed by atoms with Gasteiger partial charge in [-0.15, -0.1) is 0 Å². The maximum Gasteiger partial charge on any atom is 0.417 e. The van der Waals surface area contributed by atoms with Gasteiger partial charge >= 0.3 is 6.18 Å². The van der Waals surface area contributed by atoms with Gasteiger partial charge in [0.15, 0.2) is 5.13 Å². The van der Waals surface area contributed by atoms with E-state index in [2.05, 4.69) is 4.98 Å². The first kappa shape index (κ1) is 14.8. The molecule has 6 heteroatoms. The fraction of sp³-hybridized carbons (Fsp3) is 0.188. The van der Waals surface area contributed by atoms with E-state index < -0.39 is 11.7 Å². The van der Waals surface area contributed by atoms with Crippen molar-refractivity contribution in [2.24, 2.45) is 0 Å². The Labute approximate surface area is 129 Å². The molecule has 0 radical (unpaired) electrons. The standard InChI is InChI=1S/C16H13F3N2S/c1-21(2)15-20-14-11(7-5-9-13(14)22-15)10-6-3-4-8-12(10)16(17,18)19/h3-9H,1-2H3. The Kier molecular flexibility index (Phi) is 3.56. The molecule has 0 N–H and O–H groups in total. The van der Waals surface area contributed by atoms with Gasteiger partial charge in [-0.05, 0) is 17.7 Å². The Balaban J connectivity index is 2.28. The predicted molar refractivity (Wildman–Crippen MR) is 84.4 cm³/mol. The van der Waals surface area contributed by atoms with Crippen molar-refractivity contribution < 1.29 is 13.2 Å². The molecule has 0 aliphatic rings. The molecule has 114 valence electrons. The van der Waals surface area contributed by atoms with Gasteiger partial charge in [-0.2, -0.15) is 13.2 Å². The van der Waals surface area contributed by atoms with Crippen LogP contribution in [0.1, 0.15) is 5.56 Å². The number of benzene rings is 2. The second-order valence-electron chi connectivity index (χ2n) is 5.09. The quantitative estimate of drug-likeness (QED) is 0.656. The van der Waals surface area contributed by atoms with E-state index in [1.54, 1.807) is 18.2 Å². The van der Waals surface area contributed by atoms with Crippen molar-refractivity contribution in [1.82, 2.24) is 4.98 Å². The van der Waals surface area contributed by atoms with Crippen molar-refractivity contribution in [2.45, 2.75) is 6.18 Å². The van der Waals surface area contributed by atoms with Crippen LogP contribution < -0.4 is 4.90 Å². The maximum atomic E-state index is 13.2. The number of hydrogen-bond donors (Lipinski definition) is 0. The molecule has 0 saturated carbocycles. The third-order valence-corrected chi connectivity index (χ3v) is 4.50. The van der Waals surface area contributed by atoms with Gasteiger partial charge in [0.05, 0.1) is 15.8 Å². The minimum atomic E-state index is -4.39. The highest BCUT2D eigenvalue weighted by Gasteiger charge is 2.33.